The third kappa shape index (κ3) is 56.2. The monoisotopic (exact) mass is 451 g/mol. The second kappa shape index (κ2) is 26.1. The Hall–Kier alpha value is -0.850. The fourth-order valence-electron chi connectivity index (χ4n) is 0.843. The minimum absolute atomic E-state index is 0.167. The standard InChI is InChI=1S/C8H20N2O4.2C3H6O.C2H3Cl2NO/c11-5-7(13)3-9-1-2-10-4-8(14)6-12;2*1-3(2)4;3-1(4)2(5)6/h7-14H,1-6H2;2*1-2H3;1H,(H2,5,6). The third-order valence-electron chi connectivity index (χ3n) is 1.88. The SMILES string of the molecule is CC(C)=O.CC(C)=O.NC(=O)C(Cl)Cl.OCC(O)CNCCNCC(O)CO. The predicted octanol–water partition coefficient (Wildman–Crippen LogP) is -1.66. The molecule has 0 fully saturated rings. The van der Waals surface area contributed by atoms with Gasteiger partial charge in [0.1, 0.15) is 11.6 Å². The molecule has 8 N–H and O–H groups in total. The second-order valence-corrected chi connectivity index (χ2v) is 6.70. The molecule has 0 saturated heterocycles. The number of carbonyl (C=O) groups excluding carboxylic acids is 3. The number of rotatable bonds is 10. The largest absolute Gasteiger partial charge is 0.394 e. The summed E-state index contributed by atoms with van der Waals surface area (Å²) in [5.74, 6) is -0.377. The van der Waals surface area contributed by atoms with E-state index in [9.17, 15) is 14.4 Å². The van der Waals surface area contributed by atoms with Crippen LogP contribution in [0.5, 0.6) is 0 Å². The first-order valence-electron chi connectivity index (χ1n) is 8.32. The van der Waals surface area contributed by atoms with E-state index < -0.39 is 23.0 Å². The number of halogens is 2. The molecule has 0 aliphatic carbocycles. The molecule has 0 rings (SSSR count). The Morgan fingerprint density at radius 1 is 0.821 bits per heavy atom. The predicted molar refractivity (Wildman–Crippen MR) is 109 cm³/mol. The Bertz CT molecular complexity index is 355. The van der Waals surface area contributed by atoms with Crippen LogP contribution in [0.4, 0.5) is 0 Å². The molecule has 0 aromatic rings. The zero-order valence-corrected chi connectivity index (χ0v) is 18.3. The molecule has 170 valence electrons. The molecule has 0 aliphatic heterocycles. The van der Waals surface area contributed by atoms with Gasteiger partial charge in [0.2, 0.25) is 0 Å². The summed E-state index contributed by atoms with van der Waals surface area (Å²) in [6.45, 7) is 7.58. The van der Waals surface area contributed by atoms with Gasteiger partial charge in [-0.05, 0) is 27.7 Å². The maximum atomic E-state index is 9.66. The highest BCUT2D eigenvalue weighted by Gasteiger charge is 2.02. The smallest absolute Gasteiger partial charge is 0.250 e. The molecule has 12 heteroatoms. The fraction of sp³-hybridized carbons (Fsp3) is 0.812. The van der Waals surface area contributed by atoms with Gasteiger partial charge in [0.05, 0.1) is 25.4 Å². The van der Waals surface area contributed by atoms with Gasteiger partial charge in [0.25, 0.3) is 5.91 Å². The summed E-state index contributed by atoms with van der Waals surface area (Å²) in [5.41, 5.74) is 4.53. The number of hydrogen-bond donors (Lipinski definition) is 7. The van der Waals surface area contributed by atoms with Crippen molar-refractivity contribution in [3.63, 3.8) is 0 Å². The Kier molecular flexibility index (Phi) is 32.4. The highest BCUT2D eigenvalue weighted by molar-refractivity contribution is 6.53. The van der Waals surface area contributed by atoms with Crippen LogP contribution in [0.15, 0.2) is 0 Å². The summed E-state index contributed by atoms with van der Waals surface area (Å²) < 4.78 is 0. The van der Waals surface area contributed by atoms with Crippen molar-refractivity contribution in [3.05, 3.63) is 0 Å². The van der Waals surface area contributed by atoms with E-state index in [4.69, 9.17) is 43.6 Å². The van der Waals surface area contributed by atoms with Crippen LogP contribution in [0.25, 0.3) is 0 Å². The number of hydrogen-bond acceptors (Lipinski definition) is 9. The van der Waals surface area contributed by atoms with Crippen LogP contribution in [0.2, 0.25) is 0 Å². The number of carbonyl (C=O) groups is 3. The van der Waals surface area contributed by atoms with Crippen molar-refractivity contribution in [1.82, 2.24) is 10.6 Å². The molecule has 0 aromatic carbocycles. The first kappa shape index (κ1) is 34.6. The lowest BCUT2D eigenvalue weighted by molar-refractivity contribution is -0.116. The minimum atomic E-state index is -1.06. The van der Waals surface area contributed by atoms with Gasteiger partial charge >= 0.3 is 0 Å². The highest BCUT2D eigenvalue weighted by atomic mass is 35.5. The van der Waals surface area contributed by atoms with Crippen LogP contribution in [0, 0.1) is 0 Å². The van der Waals surface area contributed by atoms with Gasteiger partial charge in [0.15, 0.2) is 4.84 Å². The fourth-order valence-corrected chi connectivity index (χ4v) is 0.843. The number of aliphatic hydroxyl groups excluding tert-OH is 4. The molecule has 0 aliphatic rings. The Morgan fingerprint density at radius 2 is 1.04 bits per heavy atom. The number of nitrogens with two attached hydrogens (primary N) is 1. The minimum Gasteiger partial charge on any atom is -0.394 e. The van der Waals surface area contributed by atoms with Gasteiger partial charge in [-0.3, -0.25) is 4.79 Å². The molecule has 0 spiro atoms. The van der Waals surface area contributed by atoms with Crippen molar-refractivity contribution in [1.29, 1.82) is 0 Å². The molecule has 0 radical (unpaired) electrons. The van der Waals surface area contributed by atoms with Crippen LogP contribution in [-0.2, 0) is 14.4 Å². The molecular formula is C16H35Cl2N3O7. The molecule has 0 bridgehead atoms. The first-order valence-corrected chi connectivity index (χ1v) is 9.20. The molecular weight excluding hydrogens is 417 g/mol. The average molecular weight is 452 g/mol. The van der Waals surface area contributed by atoms with E-state index in [1.165, 1.54) is 27.7 Å². The number of Topliss-reactive ketones (excluding diaryl/α,β-unsaturated/α-hetero) is 2. The second-order valence-electron chi connectivity index (χ2n) is 5.60. The van der Waals surface area contributed by atoms with Crippen molar-refractivity contribution in [2.75, 3.05) is 39.4 Å². The summed E-state index contributed by atoms with van der Waals surface area (Å²) in [6, 6.07) is 0. The third-order valence-corrected chi connectivity index (χ3v) is 2.31. The topological polar surface area (TPSA) is 182 Å². The highest BCUT2D eigenvalue weighted by Crippen LogP contribution is 1.97. The molecule has 0 saturated carbocycles. The van der Waals surface area contributed by atoms with Gasteiger partial charge in [0, 0.05) is 26.2 Å². The zero-order valence-electron chi connectivity index (χ0n) is 16.8. The number of nitrogens with one attached hydrogen (secondary N) is 2. The van der Waals surface area contributed by atoms with Crippen molar-refractivity contribution in [2.24, 2.45) is 5.73 Å². The van der Waals surface area contributed by atoms with E-state index in [0.717, 1.165) is 0 Å². The van der Waals surface area contributed by atoms with Crippen molar-refractivity contribution < 1.29 is 34.8 Å². The number of alkyl halides is 2. The Morgan fingerprint density at radius 3 is 1.18 bits per heavy atom. The summed E-state index contributed by atoms with van der Waals surface area (Å²) in [4.78, 5) is 27.5. The molecule has 2 unspecified atom stereocenters. The maximum absolute atomic E-state index is 9.66. The van der Waals surface area contributed by atoms with E-state index in [-0.39, 0.29) is 24.8 Å². The molecule has 28 heavy (non-hydrogen) atoms. The zero-order chi connectivity index (χ0) is 23.1. The van der Waals surface area contributed by atoms with E-state index >= 15 is 0 Å². The Balaban J connectivity index is -0.000000169. The lowest BCUT2D eigenvalue weighted by Gasteiger charge is -2.11. The molecule has 2 atom stereocenters. The number of amides is 1. The first-order chi connectivity index (χ1) is 12.8. The normalized spacial score (nSPS) is 11.5. The van der Waals surface area contributed by atoms with E-state index in [0.29, 0.717) is 26.2 Å². The van der Waals surface area contributed by atoms with Crippen molar-refractivity contribution in [3.8, 4) is 0 Å². The summed E-state index contributed by atoms with van der Waals surface area (Å²) in [5, 5.41) is 40.6. The summed E-state index contributed by atoms with van der Waals surface area (Å²) in [7, 11) is 0. The van der Waals surface area contributed by atoms with Crippen LogP contribution < -0.4 is 16.4 Å². The van der Waals surface area contributed by atoms with Gasteiger partial charge < -0.3 is 46.4 Å². The van der Waals surface area contributed by atoms with Gasteiger partial charge in [-0.15, -0.1) is 0 Å². The maximum Gasteiger partial charge on any atom is 0.250 e. The van der Waals surface area contributed by atoms with Gasteiger partial charge in [-0.1, -0.05) is 23.2 Å². The quantitative estimate of drug-likeness (QED) is 0.151. The number of primary amides is 1. The van der Waals surface area contributed by atoms with Crippen molar-refractivity contribution in [2.45, 2.75) is 44.7 Å². The van der Waals surface area contributed by atoms with Crippen LogP contribution in [0.3, 0.4) is 0 Å². The number of aliphatic hydroxyl groups is 4. The number of ketones is 2. The van der Waals surface area contributed by atoms with Crippen molar-refractivity contribution >= 4 is 40.7 Å². The lowest BCUT2D eigenvalue weighted by atomic mass is 10.3. The van der Waals surface area contributed by atoms with Crippen LogP contribution >= 0.6 is 23.2 Å². The molecule has 1 amide bonds. The van der Waals surface area contributed by atoms with E-state index in [2.05, 4.69) is 16.4 Å². The van der Waals surface area contributed by atoms with Gasteiger partial charge in [-0.25, -0.2) is 0 Å². The van der Waals surface area contributed by atoms with Crippen LogP contribution in [0.1, 0.15) is 27.7 Å². The van der Waals surface area contributed by atoms with Gasteiger partial charge in [-0.2, -0.15) is 0 Å². The van der Waals surface area contributed by atoms with E-state index in [1.807, 2.05) is 0 Å². The molecule has 0 heterocycles. The summed E-state index contributed by atoms with van der Waals surface area (Å²) >= 11 is 9.81. The van der Waals surface area contributed by atoms with Crippen LogP contribution in [-0.4, -0.2) is 94.3 Å². The molecule has 10 nitrogen and oxygen atoms in total. The lowest BCUT2D eigenvalue weighted by Crippen LogP contribution is -2.37. The molecule has 0 aromatic heterocycles. The average Bonchev–Trinajstić information content (AvgIpc) is 2.56. The van der Waals surface area contributed by atoms with E-state index in [1.54, 1.807) is 0 Å². The summed E-state index contributed by atoms with van der Waals surface area (Å²) in [6.07, 6.45) is -1.45. The Labute approximate surface area is 176 Å².